The van der Waals surface area contributed by atoms with Crippen molar-refractivity contribution in [1.82, 2.24) is 0 Å². The molecule has 3 aromatic rings. The van der Waals surface area contributed by atoms with Crippen molar-refractivity contribution in [3.05, 3.63) is 82.5 Å². The number of nitrogens with zero attached hydrogens (tertiary/aromatic N) is 1. The van der Waals surface area contributed by atoms with Gasteiger partial charge in [0.2, 0.25) is 0 Å². The maximum atomic E-state index is 12.8. The fourth-order valence-electron chi connectivity index (χ4n) is 3.00. The summed E-state index contributed by atoms with van der Waals surface area (Å²) in [6, 6.07) is 16.0. The van der Waals surface area contributed by atoms with Crippen molar-refractivity contribution in [2.75, 3.05) is 4.90 Å². The average Bonchev–Trinajstić information content (AvgIpc) is 3.32. The van der Waals surface area contributed by atoms with Gasteiger partial charge in [0.1, 0.15) is 11.5 Å². The fraction of sp³-hybridized carbons (Fsp3) is 0. The number of hydrogen-bond donors (Lipinski definition) is 2. The van der Waals surface area contributed by atoms with Crippen LogP contribution in [0.1, 0.15) is 26.5 Å². The second-order valence-corrected chi connectivity index (χ2v) is 8.14. The molecule has 2 N–H and O–H groups in total. The zero-order valence-electron chi connectivity index (χ0n) is 15.6. The van der Waals surface area contributed by atoms with Crippen molar-refractivity contribution in [3.8, 4) is 11.3 Å². The molecule has 1 aromatic heterocycles. The van der Waals surface area contributed by atoms with Crippen molar-refractivity contribution in [2.24, 2.45) is 0 Å². The predicted molar refractivity (Wildman–Crippen MR) is 120 cm³/mol. The van der Waals surface area contributed by atoms with Gasteiger partial charge in [-0.15, -0.1) is 0 Å². The smallest absolute Gasteiger partial charge is 0.335 e. The summed E-state index contributed by atoms with van der Waals surface area (Å²) >= 11 is 6.48. The molecule has 31 heavy (non-hydrogen) atoms. The van der Waals surface area contributed by atoms with E-state index in [2.05, 4.69) is 0 Å². The van der Waals surface area contributed by atoms with E-state index in [9.17, 15) is 24.6 Å². The Balaban J connectivity index is 1.65. The number of benzene rings is 2. The number of thioether (sulfide) groups is 1. The number of aromatic carboxylic acids is 2. The van der Waals surface area contributed by atoms with Crippen molar-refractivity contribution in [2.45, 2.75) is 0 Å². The lowest BCUT2D eigenvalue weighted by Crippen LogP contribution is -2.27. The highest BCUT2D eigenvalue weighted by molar-refractivity contribution is 8.27. The molecular formula is C22H13NO6S2. The van der Waals surface area contributed by atoms with Crippen LogP contribution in [0.25, 0.3) is 17.4 Å². The molecule has 2 aromatic carbocycles. The van der Waals surface area contributed by atoms with E-state index in [0.29, 0.717) is 26.2 Å². The van der Waals surface area contributed by atoms with Crippen LogP contribution in [0.15, 0.2) is 70.0 Å². The summed E-state index contributed by atoms with van der Waals surface area (Å²) in [5.41, 5.74) is 0.627. The van der Waals surface area contributed by atoms with Crippen molar-refractivity contribution in [3.63, 3.8) is 0 Å². The molecule has 0 saturated carbocycles. The van der Waals surface area contributed by atoms with Crippen LogP contribution in [-0.4, -0.2) is 32.4 Å². The summed E-state index contributed by atoms with van der Waals surface area (Å²) in [6.07, 6.45) is 1.55. The summed E-state index contributed by atoms with van der Waals surface area (Å²) < 4.78 is 6.13. The zero-order valence-corrected chi connectivity index (χ0v) is 17.3. The Labute approximate surface area is 185 Å². The highest BCUT2D eigenvalue weighted by Crippen LogP contribution is 2.36. The number of carbonyl (C=O) groups excluding carboxylic acids is 1. The largest absolute Gasteiger partial charge is 0.478 e. The third kappa shape index (κ3) is 4.14. The Hall–Kier alpha value is -3.69. The van der Waals surface area contributed by atoms with Crippen LogP contribution in [0.5, 0.6) is 0 Å². The lowest BCUT2D eigenvalue weighted by Gasteiger charge is -2.13. The van der Waals surface area contributed by atoms with E-state index >= 15 is 0 Å². The van der Waals surface area contributed by atoms with E-state index in [4.69, 9.17) is 16.6 Å². The number of thiocarbonyl (C=S) groups is 1. The average molecular weight is 451 g/mol. The van der Waals surface area contributed by atoms with Gasteiger partial charge in [0.15, 0.2) is 4.32 Å². The van der Waals surface area contributed by atoms with E-state index in [1.807, 2.05) is 18.2 Å². The van der Waals surface area contributed by atoms with Gasteiger partial charge in [-0.3, -0.25) is 9.69 Å². The third-order valence-electron chi connectivity index (χ3n) is 4.42. The molecule has 4 rings (SSSR count). The van der Waals surface area contributed by atoms with Gasteiger partial charge in [0.05, 0.1) is 21.7 Å². The SMILES string of the molecule is O=C(O)c1cc(C(=O)O)cc(-c2ccc(/C=C3/SC(=S)N(c4ccccc4)C3=O)o2)c1. The number of para-hydroxylation sites is 1. The molecule has 7 nitrogen and oxygen atoms in total. The molecule has 1 aliphatic heterocycles. The number of rotatable bonds is 5. The number of carboxylic acid groups (broad SMARTS) is 2. The Morgan fingerprint density at radius 1 is 0.968 bits per heavy atom. The molecule has 0 radical (unpaired) electrons. The Kier molecular flexibility index (Phi) is 5.45. The van der Waals surface area contributed by atoms with Crippen LogP contribution >= 0.6 is 24.0 Å². The first-order chi connectivity index (χ1) is 14.8. The minimum atomic E-state index is -1.25. The molecule has 0 atom stereocenters. The summed E-state index contributed by atoms with van der Waals surface area (Å²) in [7, 11) is 0. The molecule has 154 valence electrons. The second-order valence-electron chi connectivity index (χ2n) is 6.46. The highest BCUT2D eigenvalue weighted by Gasteiger charge is 2.33. The van der Waals surface area contributed by atoms with Crippen LogP contribution in [0.2, 0.25) is 0 Å². The van der Waals surface area contributed by atoms with Crippen LogP contribution in [0, 0.1) is 0 Å². The molecule has 0 bridgehead atoms. The number of anilines is 1. The van der Waals surface area contributed by atoms with Gasteiger partial charge in [-0.25, -0.2) is 9.59 Å². The molecule has 9 heteroatoms. The number of carbonyl (C=O) groups is 3. The van der Waals surface area contributed by atoms with E-state index in [1.165, 1.54) is 17.0 Å². The highest BCUT2D eigenvalue weighted by atomic mass is 32.2. The molecule has 1 amide bonds. The number of amides is 1. The molecule has 1 fully saturated rings. The summed E-state index contributed by atoms with van der Waals surface area (Å²) in [5.74, 6) is -2.15. The van der Waals surface area contributed by atoms with E-state index in [0.717, 1.165) is 17.8 Å². The molecular weight excluding hydrogens is 438 g/mol. The van der Waals surface area contributed by atoms with Gasteiger partial charge < -0.3 is 14.6 Å². The third-order valence-corrected chi connectivity index (χ3v) is 5.72. The Morgan fingerprint density at radius 2 is 1.61 bits per heavy atom. The lowest BCUT2D eigenvalue weighted by molar-refractivity contribution is -0.113. The van der Waals surface area contributed by atoms with Crippen LogP contribution in [0.3, 0.4) is 0 Å². The van der Waals surface area contributed by atoms with Crippen LogP contribution in [-0.2, 0) is 4.79 Å². The first-order valence-corrected chi connectivity index (χ1v) is 10.1. The van der Waals surface area contributed by atoms with E-state index in [-0.39, 0.29) is 22.8 Å². The summed E-state index contributed by atoms with van der Waals surface area (Å²) in [5, 5.41) is 18.5. The van der Waals surface area contributed by atoms with Gasteiger partial charge in [0.25, 0.3) is 5.91 Å². The van der Waals surface area contributed by atoms with Gasteiger partial charge in [0, 0.05) is 11.6 Å². The van der Waals surface area contributed by atoms with Crippen molar-refractivity contribution >= 4 is 57.9 Å². The lowest BCUT2D eigenvalue weighted by atomic mass is 10.0. The van der Waals surface area contributed by atoms with Gasteiger partial charge in [-0.1, -0.05) is 42.2 Å². The van der Waals surface area contributed by atoms with Gasteiger partial charge in [-0.05, 0) is 42.5 Å². The first-order valence-electron chi connectivity index (χ1n) is 8.88. The van der Waals surface area contributed by atoms with E-state index < -0.39 is 11.9 Å². The molecule has 2 heterocycles. The van der Waals surface area contributed by atoms with E-state index in [1.54, 1.807) is 30.3 Å². The van der Waals surface area contributed by atoms with Gasteiger partial charge in [-0.2, -0.15) is 0 Å². The molecule has 0 unspecified atom stereocenters. The van der Waals surface area contributed by atoms with Crippen LogP contribution < -0.4 is 4.90 Å². The Bertz CT molecular complexity index is 1230. The molecule has 0 spiro atoms. The molecule has 1 saturated heterocycles. The fourth-order valence-corrected chi connectivity index (χ4v) is 4.28. The minimum Gasteiger partial charge on any atom is -0.478 e. The predicted octanol–water partition coefficient (Wildman–Crippen LogP) is 4.75. The summed E-state index contributed by atoms with van der Waals surface area (Å²) in [6.45, 7) is 0. The monoisotopic (exact) mass is 451 g/mol. The zero-order chi connectivity index (χ0) is 22.1. The quantitative estimate of drug-likeness (QED) is 0.423. The van der Waals surface area contributed by atoms with Gasteiger partial charge >= 0.3 is 11.9 Å². The topological polar surface area (TPSA) is 108 Å². The standard InChI is InChI=1S/C22H13NO6S2/c24-19-18(31-22(30)23(19)15-4-2-1-3-5-15)11-16-6-7-17(29-16)12-8-13(20(25)26)10-14(9-12)21(27)28/h1-11H,(H,25,26)(H,27,28)/b18-11+. The first kappa shape index (κ1) is 20.6. The number of furan rings is 1. The number of carboxylic acids is 2. The van der Waals surface area contributed by atoms with Crippen molar-refractivity contribution in [1.29, 1.82) is 0 Å². The number of hydrogen-bond acceptors (Lipinski definition) is 6. The Morgan fingerprint density at radius 3 is 2.23 bits per heavy atom. The maximum absolute atomic E-state index is 12.8. The van der Waals surface area contributed by atoms with Crippen LogP contribution in [0.4, 0.5) is 5.69 Å². The minimum absolute atomic E-state index is 0.170. The molecule has 1 aliphatic rings. The maximum Gasteiger partial charge on any atom is 0.335 e. The molecule has 0 aliphatic carbocycles. The normalized spacial score (nSPS) is 15.0. The van der Waals surface area contributed by atoms with Crippen molar-refractivity contribution < 1.29 is 29.0 Å². The second kappa shape index (κ2) is 8.21. The summed E-state index contributed by atoms with van der Waals surface area (Å²) in [4.78, 5) is 37.3.